The molecular formula is C27H16Cl2N2O3. The van der Waals surface area contributed by atoms with E-state index in [0.29, 0.717) is 26.9 Å². The highest BCUT2D eigenvalue weighted by atomic mass is 35.5. The monoisotopic (exact) mass is 486 g/mol. The fraction of sp³-hybridized carbons (Fsp3) is 0. The summed E-state index contributed by atoms with van der Waals surface area (Å²) in [5, 5.41) is 14.5. The molecule has 1 amide bonds. The van der Waals surface area contributed by atoms with E-state index in [1.807, 2.05) is 36.4 Å². The lowest BCUT2D eigenvalue weighted by Gasteiger charge is -2.10. The van der Waals surface area contributed by atoms with Crippen molar-refractivity contribution in [3.05, 3.63) is 112 Å². The number of hydrogen-bond acceptors (Lipinski definition) is 4. The van der Waals surface area contributed by atoms with E-state index in [1.165, 1.54) is 24.3 Å². The van der Waals surface area contributed by atoms with Crippen molar-refractivity contribution in [1.29, 1.82) is 5.26 Å². The van der Waals surface area contributed by atoms with Gasteiger partial charge in [-0.15, -0.1) is 0 Å². The second kappa shape index (κ2) is 10.2. The van der Waals surface area contributed by atoms with Crippen LogP contribution >= 0.6 is 23.2 Å². The number of amides is 1. The van der Waals surface area contributed by atoms with Crippen molar-refractivity contribution in [2.24, 2.45) is 0 Å². The Hall–Kier alpha value is -4.11. The standard InChI is InChI=1S/C27H16Cl2N2O3/c28-20-13-21(29)15-22(14-20)31-26(32)19(16-30)12-18-7-2-4-11-25(18)34-27(33)24-10-5-8-17-6-1-3-9-23(17)24/h1-15H,(H,31,32)/b19-12+. The predicted octanol–water partition coefficient (Wildman–Crippen LogP) is 6.91. The van der Waals surface area contributed by atoms with Crippen LogP contribution in [0.5, 0.6) is 5.75 Å². The maximum atomic E-state index is 13.0. The lowest BCUT2D eigenvalue weighted by Crippen LogP contribution is -2.14. The summed E-state index contributed by atoms with van der Waals surface area (Å²) in [7, 11) is 0. The number of nitrogens with zero attached hydrogens (tertiary/aromatic N) is 1. The zero-order valence-corrected chi connectivity index (χ0v) is 19.1. The molecule has 0 aromatic heterocycles. The number of benzene rings is 4. The fourth-order valence-corrected chi connectivity index (χ4v) is 3.91. The number of hydrogen-bond donors (Lipinski definition) is 1. The number of ether oxygens (including phenoxy) is 1. The zero-order valence-electron chi connectivity index (χ0n) is 17.6. The molecule has 0 saturated heterocycles. The maximum absolute atomic E-state index is 13.0. The SMILES string of the molecule is N#C/C(=C\c1ccccc1OC(=O)c1cccc2ccccc12)C(=O)Nc1cc(Cl)cc(Cl)c1. The number of carbonyl (C=O) groups excluding carboxylic acids is 2. The van der Waals surface area contributed by atoms with Gasteiger partial charge in [0.15, 0.2) is 0 Å². The summed E-state index contributed by atoms with van der Waals surface area (Å²) in [6.45, 7) is 0. The average Bonchev–Trinajstić information content (AvgIpc) is 2.82. The van der Waals surface area contributed by atoms with Crippen LogP contribution in [0.25, 0.3) is 16.8 Å². The Kier molecular flexibility index (Phi) is 6.93. The molecule has 1 N–H and O–H groups in total. The van der Waals surface area contributed by atoms with Gasteiger partial charge in [0.25, 0.3) is 5.91 Å². The molecule has 0 heterocycles. The van der Waals surface area contributed by atoms with Gasteiger partial charge >= 0.3 is 5.97 Å². The van der Waals surface area contributed by atoms with Crippen molar-refractivity contribution >= 4 is 57.6 Å². The minimum absolute atomic E-state index is 0.190. The zero-order chi connectivity index (χ0) is 24.1. The predicted molar refractivity (Wildman–Crippen MR) is 134 cm³/mol. The molecule has 4 aromatic rings. The van der Waals surface area contributed by atoms with Gasteiger partial charge in [0.1, 0.15) is 17.4 Å². The third kappa shape index (κ3) is 5.26. The molecular weight excluding hydrogens is 471 g/mol. The van der Waals surface area contributed by atoms with Crippen LogP contribution in [-0.2, 0) is 4.79 Å². The Bertz CT molecular complexity index is 1460. The molecule has 0 aliphatic carbocycles. The van der Waals surface area contributed by atoms with E-state index >= 15 is 0 Å². The maximum Gasteiger partial charge on any atom is 0.344 e. The molecule has 4 aromatic carbocycles. The third-order valence-corrected chi connectivity index (χ3v) is 5.35. The Morgan fingerprint density at radius 1 is 0.882 bits per heavy atom. The highest BCUT2D eigenvalue weighted by Crippen LogP contribution is 2.26. The van der Waals surface area contributed by atoms with Gasteiger partial charge in [0.05, 0.1) is 5.56 Å². The van der Waals surface area contributed by atoms with Gasteiger partial charge in [0.2, 0.25) is 0 Å². The summed E-state index contributed by atoms with van der Waals surface area (Å²) in [5.74, 6) is -0.989. The van der Waals surface area contributed by atoms with Crippen LogP contribution in [0.15, 0.2) is 90.5 Å². The van der Waals surface area contributed by atoms with E-state index in [1.54, 1.807) is 36.4 Å². The van der Waals surface area contributed by atoms with Crippen molar-refractivity contribution in [3.63, 3.8) is 0 Å². The second-order valence-electron chi connectivity index (χ2n) is 7.24. The molecule has 34 heavy (non-hydrogen) atoms. The van der Waals surface area contributed by atoms with Gasteiger partial charge in [-0.3, -0.25) is 4.79 Å². The highest BCUT2D eigenvalue weighted by molar-refractivity contribution is 6.35. The molecule has 0 fully saturated rings. The lowest BCUT2D eigenvalue weighted by molar-refractivity contribution is -0.112. The lowest BCUT2D eigenvalue weighted by atomic mass is 10.0. The first-order valence-corrected chi connectivity index (χ1v) is 10.9. The first-order chi connectivity index (χ1) is 16.4. The molecule has 0 saturated carbocycles. The van der Waals surface area contributed by atoms with E-state index in [2.05, 4.69) is 5.32 Å². The van der Waals surface area contributed by atoms with Gasteiger partial charge in [-0.05, 0) is 47.2 Å². The molecule has 0 unspecified atom stereocenters. The van der Waals surface area contributed by atoms with Gasteiger partial charge in [-0.25, -0.2) is 4.79 Å². The Labute approximate surface area is 205 Å². The molecule has 0 aliphatic heterocycles. The molecule has 0 atom stereocenters. The van der Waals surface area contributed by atoms with Gasteiger partial charge < -0.3 is 10.1 Å². The number of rotatable bonds is 5. The number of para-hydroxylation sites is 1. The number of esters is 1. The van der Waals surface area contributed by atoms with Crippen LogP contribution in [-0.4, -0.2) is 11.9 Å². The van der Waals surface area contributed by atoms with Crippen molar-refractivity contribution in [1.82, 2.24) is 0 Å². The Morgan fingerprint density at radius 2 is 1.56 bits per heavy atom. The quantitative estimate of drug-likeness (QED) is 0.144. The Balaban J connectivity index is 1.61. The topological polar surface area (TPSA) is 79.2 Å². The van der Waals surface area contributed by atoms with Gasteiger partial charge in [-0.2, -0.15) is 5.26 Å². The number of anilines is 1. The first-order valence-electron chi connectivity index (χ1n) is 10.1. The highest BCUT2D eigenvalue weighted by Gasteiger charge is 2.16. The summed E-state index contributed by atoms with van der Waals surface area (Å²) in [6.07, 6.45) is 1.35. The van der Waals surface area contributed by atoms with Gasteiger partial charge in [0, 0.05) is 21.3 Å². The first kappa shape index (κ1) is 23.1. The van der Waals surface area contributed by atoms with E-state index in [4.69, 9.17) is 27.9 Å². The molecule has 0 aliphatic rings. The number of nitriles is 1. The molecule has 0 bridgehead atoms. The number of halogens is 2. The van der Waals surface area contributed by atoms with Crippen LogP contribution in [0.3, 0.4) is 0 Å². The van der Waals surface area contributed by atoms with Crippen LogP contribution in [0.2, 0.25) is 10.0 Å². The minimum atomic E-state index is -0.656. The van der Waals surface area contributed by atoms with Crippen molar-refractivity contribution < 1.29 is 14.3 Å². The summed E-state index contributed by atoms with van der Waals surface area (Å²) >= 11 is 11.9. The Morgan fingerprint density at radius 3 is 2.32 bits per heavy atom. The van der Waals surface area contributed by atoms with E-state index in [0.717, 1.165) is 10.8 Å². The fourth-order valence-electron chi connectivity index (χ4n) is 3.38. The van der Waals surface area contributed by atoms with Gasteiger partial charge in [-0.1, -0.05) is 77.8 Å². The average molecular weight is 487 g/mol. The molecule has 4 rings (SSSR count). The summed E-state index contributed by atoms with van der Waals surface area (Å²) < 4.78 is 5.66. The summed E-state index contributed by atoms with van der Waals surface area (Å²) in [5.41, 5.74) is 0.962. The van der Waals surface area contributed by atoms with Crippen LogP contribution in [0, 0.1) is 11.3 Å². The van der Waals surface area contributed by atoms with Crippen LogP contribution < -0.4 is 10.1 Å². The number of fused-ring (bicyclic) bond motifs is 1. The molecule has 0 spiro atoms. The number of carbonyl (C=O) groups is 2. The van der Waals surface area contributed by atoms with Crippen molar-refractivity contribution in [3.8, 4) is 11.8 Å². The molecule has 5 nitrogen and oxygen atoms in total. The van der Waals surface area contributed by atoms with Crippen molar-refractivity contribution in [2.75, 3.05) is 5.32 Å². The second-order valence-corrected chi connectivity index (χ2v) is 8.11. The van der Waals surface area contributed by atoms with E-state index in [9.17, 15) is 14.9 Å². The normalized spacial score (nSPS) is 11.0. The minimum Gasteiger partial charge on any atom is -0.422 e. The largest absolute Gasteiger partial charge is 0.422 e. The third-order valence-electron chi connectivity index (χ3n) is 4.92. The van der Waals surface area contributed by atoms with E-state index < -0.39 is 11.9 Å². The molecule has 7 heteroatoms. The van der Waals surface area contributed by atoms with Crippen LogP contribution in [0.4, 0.5) is 5.69 Å². The van der Waals surface area contributed by atoms with Crippen molar-refractivity contribution in [2.45, 2.75) is 0 Å². The number of nitrogens with one attached hydrogen (secondary N) is 1. The smallest absolute Gasteiger partial charge is 0.344 e. The molecule has 0 radical (unpaired) electrons. The molecule has 166 valence electrons. The summed E-state index contributed by atoms with van der Waals surface area (Å²) in [4.78, 5) is 25.6. The van der Waals surface area contributed by atoms with E-state index in [-0.39, 0.29) is 11.3 Å². The van der Waals surface area contributed by atoms with Crippen LogP contribution in [0.1, 0.15) is 15.9 Å². The summed E-state index contributed by atoms with van der Waals surface area (Å²) in [6, 6.07) is 26.0.